The van der Waals surface area contributed by atoms with E-state index in [1.807, 2.05) is 62.4 Å². The van der Waals surface area contributed by atoms with Crippen molar-refractivity contribution in [1.29, 1.82) is 0 Å². The Morgan fingerprint density at radius 1 is 1.03 bits per heavy atom. The number of aryl methyl sites for hydroxylation is 2. The van der Waals surface area contributed by atoms with Crippen molar-refractivity contribution in [3.63, 3.8) is 0 Å². The molecule has 0 aliphatic rings. The van der Waals surface area contributed by atoms with Gasteiger partial charge in [0.2, 0.25) is 21.8 Å². The fourth-order valence-electron chi connectivity index (χ4n) is 3.75. The summed E-state index contributed by atoms with van der Waals surface area (Å²) in [6.45, 7) is 6.09. The highest BCUT2D eigenvalue weighted by Gasteiger charge is 2.26. The molecule has 180 valence electrons. The first-order valence-electron chi connectivity index (χ1n) is 11.1. The molecule has 2 aromatic carbocycles. The molecule has 1 N–H and O–H groups in total. The van der Waals surface area contributed by atoms with Crippen LogP contribution < -0.4 is 9.62 Å². The molecule has 0 heterocycles. The van der Waals surface area contributed by atoms with Gasteiger partial charge in [0.1, 0.15) is 6.04 Å². The molecule has 0 saturated heterocycles. The van der Waals surface area contributed by atoms with Gasteiger partial charge in [-0.05, 0) is 56.4 Å². The molecule has 0 radical (unpaired) electrons. The van der Waals surface area contributed by atoms with Crippen molar-refractivity contribution in [3.05, 3.63) is 65.2 Å². The van der Waals surface area contributed by atoms with Crippen LogP contribution in [0.5, 0.6) is 0 Å². The van der Waals surface area contributed by atoms with E-state index in [4.69, 9.17) is 0 Å². The van der Waals surface area contributed by atoms with E-state index >= 15 is 0 Å². The van der Waals surface area contributed by atoms with Crippen LogP contribution in [-0.2, 0) is 26.0 Å². The van der Waals surface area contributed by atoms with Crippen molar-refractivity contribution < 1.29 is 18.0 Å². The van der Waals surface area contributed by atoms with Crippen molar-refractivity contribution in [2.75, 3.05) is 30.7 Å². The van der Waals surface area contributed by atoms with E-state index in [1.54, 1.807) is 18.9 Å². The molecule has 0 fully saturated rings. The number of hydrogen-bond donors (Lipinski definition) is 1. The van der Waals surface area contributed by atoms with E-state index in [-0.39, 0.29) is 24.8 Å². The van der Waals surface area contributed by atoms with E-state index < -0.39 is 16.1 Å². The van der Waals surface area contributed by atoms with Crippen LogP contribution in [0.1, 0.15) is 36.5 Å². The predicted molar refractivity (Wildman–Crippen MR) is 133 cm³/mol. The van der Waals surface area contributed by atoms with Crippen LogP contribution in [0.15, 0.2) is 48.5 Å². The van der Waals surface area contributed by atoms with Crippen LogP contribution in [0.3, 0.4) is 0 Å². The van der Waals surface area contributed by atoms with Crippen molar-refractivity contribution in [2.24, 2.45) is 0 Å². The Bertz CT molecular complexity index is 1050. The number of nitrogens with one attached hydrogen (secondary N) is 1. The van der Waals surface area contributed by atoms with Crippen LogP contribution in [0.2, 0.25) is 0 Å². The molecule has 0 spiro atoms. The monoisotopic (exact) mass is 473 g/mol. The van der Waals surface area contributed by atoms with E-state index in [0.29, 0.717) is 25.1 Å². The molecule has 2 aromatic rings. The van der Waals surface area contributed by atoms with E-state index in [2.05, 4.69) is 5.32 Å². The Hall–Kier alpha value is -2.87. The first-order chi connectivity index (χ1) is 15.5. The Balaban J connectivity index is 2.11. The summed E-state index contributed by atoms with van der Waals surface area (Å²) >= 11 is 0. The summed E-state index contributed by atoms with van der Waals surface area (Å²) in [6.07, 6.45) is 2.30. The topological polar surface area (TPSA) is 86.8 Å². The zero-order valence-corrected chi connectivity index (χ0v) is 21.0. The minimum Gasteiger partial charge on any atom is -0.357 e. The molecule has 0 aliphatic carbocycles. The number of carbonyl (C=O) groups excluding carboxylic acids is 2. The molecule has 0 aromatic heterocycles. The maximum Gasteiger partial charge on any atom is 0.242 e. The number of amides is 2. The van der Waals surface area contributed by atoms with Gasteiger partial charge in [0, 0.05) is 26.6 Å². The van der Waals surface area contributed by atoms with Gasteiger partial charge in [0.25, 0.3) is 0 Å². The van der Waals surface area contributed by atoms with Gasteiger partial charge in [-0.1, -0.05) is 42.5 Å². The number of nitrogens with zero attached hydrogens (tertiary/aromatic N) is 2. The van der Waals surface area contributed by atoms with Crippen LogP contribution in [0.25, 0.3) is 0 Å². The third-order valence-corrected chi connectivity index (χ3v) is 6.86. The van der Waals surface area contributed by atoms with Gasteiger partial charge in [0.15, 0.2) is 0 Å². The van der Waals surface area contributed by atoms with Crippen molar-refractivity contribution in [1.82, 2.24) is 10.2 Å². The Morgan fingerprint density at radius 3 is 2.30 bits per heavy atom. The summed E-state index contributed by atoms with van der Waals surface area (Å²) in [6, 6.07) is 14.9. The van der Waals surface area contributed by atoms with E-state index in [1.165, 1.54) is 10.6 Å². The molecule has 0 unspecified atom stereocenters. The highest BCUT2D eigenvalue weighted by Crippen LogP contribution is 2.24. The maximum absolute atomic E-state index is 13.1. The lowest BCUT2D eigenvalue weighted by molar-refractivity contribution is -0.139. The number of benzene rings is 2. The quantitative estimate of drug-likeness (QED) is 0.543. The first kappa shape index (κ1) is 26.4. The number of hydrogen-bond acceptors (Lipinski definition) is 4. The summed E-state index contributed by atoms with van der Waals surface area (Å²) in [5, 5.41) is 2.61. The molecule has 2 amide bonds. The SMILES string of the molecule is CNC(=O)[C@@H](C)N(CCc1ccccc1)C(=O)CCCN(c1cc(C)ccc1C)S(C)(=O)=O. The van der Waals surface area contributed by atoms with Gasteiger partial charge in [-0.25, -0.2) is 8.42 Å². The van der Waals surface area contributed by atoms with Crippen LogP contribution in [-0.4, -0.2) is 57.6 Å². The second kappa shape index (κ2) is 11.8. The Labute approximate surface area is 197 Å². The van der Waals surface area contributed by atoms with Crippen LogP contribution in [0.4, 0.5) is 5.69 Å². The minimum absolute atomic E-state index is 0.146. The van der Waals surface area contributed by atoms with Crippen molar-refractivity contribution in [2.45, 2.75) is 46.1 Å². The zero-order valence-electron chi connectivity index (χ0n) is 20.2. The number of rotatable bonds is 11. The Morgan fingerprint density at radius 2 is 1.70 bits per heavy atom. The second-order valence-electron chi connectivity index (χ2n) is 8.34. The number of anilines is 1. The molecular weight excluding hydrogens is 438 g/mol. The van der Waals surface area contributed by atoms with Gasteiger partial charge >= 0.3 is 0 Å². The number of carbonyl (C=O) groups is 2. The summed E-state index contributed by atoms with van der Waals surface area (Å²) in [5.74, 6) is -0.402. The van der Waals surface area contributed by atoms with Gasteiger partial charge in [0.05, 0.1) is 11.9 Å². The lowest BCUT2D eigenvalue weighted by Gasteiger charge is -2.29. The van der Waals surface area contributed by atoms with Gasteiger partial charge in [-0.2, -0.15) is 0 Å². The standard InChI is InChI=1S/C25H35N3O4S/c1-19-13-14-20(2)23(18-19)28(33(5,31)32)16-9-12-24(29)27(21(3)25(30)26-4)17-15-22-10-7-6-8-11-22/h6-8,10-11,13-14,18,21H,9,12,15-17H2,1-5H3,(H,26,30)/t21-/m1/s1. The fourth-order valence-corrected chi connectivity index (χ4v) is 4.76. The van der Waals surface area contributed by atoms with E-state index in [9.17, 15) is 18.0 Å². The maximum atomic E-state index is 13.1. The first-order valence-corrected chi connectivity index (χ1v) is 13.0. The fraction of sp³-hybridized carbons (Fsp3) is 0.440. The molecule has 7 nitrogen and oxygen atoms in total. The summed E-state index contributed by atoms with van der Waals surface area (Å²) in [7, 11) is -1.96. The predicted octanol–water partition coefficient (Wildman–Crippen LogP) is 3.06. The lowest BCUT2D eigenvalue weighted by atomic mass is 10.1. The summed E-state index contributed by atoms with van der Waals surface area (Å²) < 4.78 is 26.3. The number of likely N-dealkylation sites (N-methyl/N-ethyl adjacent to an activating group) is 1. The van der Waals surface area contributed by atoms with Crippen LogP contribution in [0, 0.1) is 13.8 Å². The second-order valence-corrected chi connectivity index (χ2v) is 10.2. The highest BCUT2D eigenvalue weighted by atomic mass is 32.2. The zero-order chi connectivity index (χ0) is 24.6. The molecule has 0 aliphatic heterocycles. The normalized spacial score (nSPS) is 12.2. The third kappa shape index (κ3) is 7.60. The van der Waals surface area contributed by atoms with Crippen molar-refractivity contribution >= 4 is 27.5 Å². The average Bonchev–Trinajstić information content (AvgIpc) is 2.77. The highest BCUT2D eigenvalue weighted by molar-refractivity contribution is 7.92. The molecular formula is C25H35N3O4S. The summed E-state index contributed by atoms with van der Waals surface area (Å²) in [5.41, 5.74) is 3.53. The molecule has 0 bridgehead atoms. The molecule has 2 rings (SSSR count). The average molecular weight is 474 g/mol. The minimum atomic E-state index is -3.51. The van der Waals surface area contributed by atoms with E-state index in [0.717, 1.165) is 16.7 Å². The molecule has 8 heteroatoms. The van der Waals surface area contributed by atoms with Gasteiger partial charge < -0.3 is 10.2 Å². The molecule has 1 atom stereocenters. The van der Waals surface area contributed by atoms with Gasteiger partial charge in [-0.3, -0.25) is 13.9 Å². The van der Waals surface area contributed by atoms with Crippen LogP contribution >= 0.6 is 0 Å². The smallest absolute Gasteiger partial charge is 0.242 e. The van der Waals surface area contributed by atoms with Gasteiger partial charge in [-0.15, -0.1) is 0 Å². The Kier molecular flexibility index (Phi) is 9.46. The number of sulfonamides is 1. The molecule has 33 heavy (non-hydrogen) atoms. The third-order valence-electron chi connectivity index (χ3n) is 5.68. The summed E-state index contributed by atoms with van der Waals surface area (Å²) in [4.78, 5) is 26.9. The van der Waals surface area contributed by atoms with Crippen molar-refractivity contribution in [3.8, 4) is 0 Å². The lowest BCUT2D eigenvalue weighted by Crippen LogP contribution is -2.48. The molecule has 0 saturated carbocycles. The largest absolute Gasteiger partial charge is 0.357 e.